The molecule has 0 heterocycles. The Kier molecular flexibility index (Phi) is 4.25. The third-order valence-electron chi connectivity index (χ3n) is 2.37. The molecule has 0 aliphatic heterocycles. The van der Waals surface area contributed by atoms with E-state index in [0.29, 0.717) is 11.1 Å². The van der Waals surface area contributed by atoms with Crippen molar-refractivity contribution in [2.75, 3.05) is 17.1 Å². The van der Waals surface area contributed by atoms with Gasteiger partial charge in [0, 0.05) is 11.6 Å². The van der Waals surface area contributed by atoms with Gasteiger partial charge in [0.05, 0.1) is 23.0 Å². The number of nitrogens with zero attached hydrogens (tertiary/aromatic N) is 1. The zero-order chi connectivity index (χ0) is 13.9. The maximum absolute atomic E-state index is 11.5. The first-order valence-electron chi connectivity index (χ1n) is 5.14. The van der Waals surface area contributed by atoms with Crippen LogP contribution in [0.1, 0.15) is 11.1 Å². The molecule has 0 unspecified atom stereocenters. The second kappa shape index (κ2) is 5.32. The van der Waals surface area contributed by atoms with Gasteiger partial charge in [-0.2, -0.15) is 0 Å². The number of aliphatic hydroxyl groups is 1. The third kappa shape index (κ3) is 3.41. The fraction of sp³-hybridized carbons (Fsp3) is 0.400. The van der Waals surface area contributed by atoms with E-state index in [1.165, 1.54) is 19.1 Å². The van der Waals surface area contributed by atoms with Gasteiger partial charge in [0.1, 0.15) is 0 Å². The summed E-state index contributed by atoms with van der Waals surface area (Å²) in [5, 5.41) is 19.3. The number of aryl methyl sites for hydroxylation is 2. The summed E-state index contributed by atoms with van der Waals surface area (Å²) in [5.41, 5.74) is 1.05. The molecule has 0 amide bonds. The largest absolute Gasteiger partial charge is 0.395 e. The summed E-state index contributed by atoms with van der Waals surface area (Å²) < 4.78 is 25.2. The molecular weight excluding hydrogens is 260 g/mol. The van der Waals surface area contributed by atoms with E-state index in [4.69, 9.17) is 5.11 Å². The fourth-order valence-electron chi connectivity index (χ4n) is 1.45. The minimum atomic E-state index is -3.63. The van der Waals surface area contributed by atoms with Crippen molar-refractivity contribution in [1.82, 2.24) is 0 Å². The molecule has 2 N–H and O–H groups in total. The van der Waals surface area contributed by atoms with Crippen molar-refractivity contribution in [3.05, 3.63) is 33.4 Å². The first-order chi connectivity index (χ1) is 8.26. The molecule has 0 radical (unpaired) electrons. The zero-order valence-electron chi connectivity index (χ0n) is 10.0. The van der Waals surface area contributed by atoms with Gasteiger partial charge < -0.3 is 5.11 Å². The highest BCUT2D eigenvalue weighted by atomic mass is 32.2. The lowest BCUT2D eigenvalue weighted by molar-refractivity contribution is -0.385. The summed E-state index contributed by atoms with van der Waals surface area (Å²) >= 11 is 0. The van der Waals surface area contributed by atoms with Crippen LogP contribution in [0.2, 0.25) is 0 Å². The van der Waals surface area contributed by atoms with E-state index >= 15 is 0 Å². The predicted molar refractivity (Wildman–Crippen MR) is 67.1 cm³/mol. The van der Waals surface area contributed by atoms with Crippen LogP contribution in [0.15, 0.2) is 12.1 Å². The highest BCUT2D eigenvalue weighted by Crippen LogP contribution is 2.26. The third-order valence-corrected chi connectivity index (χ3v) is 3.62. The zero-order valence-corrected chi connectivity index (χ0v) is 10.8. The Morgan fingerprint density at radius 2 is 1.94 bits per heavy atom. The van der Waals surface area contributed by atoms with E-state index in [9.17, 15) is 18.5 Å². The van der Waals surface area contributed by atoms with Crippen LogP contribution in [-0.4, -0.2) is 30.8 Å². The van der Waals surface area contributed by atoms with Crippen molar-refractivity contribution in [3.8, 4) is 0 Å². The van der Waals surface area contributed by atoms with Crippen LogP contribution in [0.3, 0.4) is 0 Å². The van der Waals surface area contributed by atoms with Gasteiger partial charge in [0.25, 0.3) is 5.69 Å². The molecule has 1 aromatic carbocycles. The number of hydrogen-bond acceptors (Lipinski definition) is 5. The number of aliphatic hydroxyl groups excluding tert-OH is 1. The first kappa shape index (κ1) is 14.4. The molecule has 0 saturated heterocycles. The fourth-order valence-corrected chi connectivity index (χ4v) is 2.34. The summed E-state index contributed by atoms with van der Waals surface area (Å²) in [7, 11) is -3.63. The molecule has 100 valence electrons. The SMILES string of the molecule is Cc1cc([N+](=O)[O-])c(C)cc1NS(=O)(=O)CCO. The molecule has 0 aliphatic rings. The molecule has 1 rings (SSSR count). The highest BCUT2D eigenvalue weighted by molar-refractivity contribution is 7.92. The van der Waals surface area contributed by atoms with Crippen molar-refractivity contribution in [1.29, 1.82) is 0 Å². The highest BCUT2D eigenvalue weighted by Gasteiger charge is 2.16. The quantitative estimate of drug-likeness (QED) is 0.613. The van der Waals surface area contributed by atoms with Crippen molar-refractivity contribution >= 4 is 21.4 Å². The number of nitrogens with one attached hydrogen (secondary N) is 1. The van der Waals surface area contributed by atoms with Crippen LogP contribution in [0.25, 0.3) is 0 Å². The van der Waals surface area contributed by atoms with Gasteiger partial charge in [-0.25, -0.2) is 8.42 Å². The molecule has 0 spiro atoms. The number of nitro benzene ring substituents is 1. The Morgan fingerprint density at radius 1 is 1.33 bits per heavy atom. The van der Waals surface area contributed by atoms with Gasteiger partial charge in [-0.3, -0.25) is 14.8 Å². The van der Waals surface area contributed by atoms with E-state index in [1.54, 1.807) is 6.92 Å². The summed E-state index contributed by atoms with van der Waals surface area (Å²) in [6, 6.07) is 2.72. The standard InChI is InChI=1S/C10H14N2O5S/c1-7-6-10(12(14)15)8(2)5-9(7)11-18(16,17)4-3-13/h5-6,11,13H,3-4H2,1-2H3. The number of nitro groups is 1. The monoisotopic (exact) mass is 274 g/mol. The maximum atomic E-state index is 11.5. The summed E-state index contributed by atoms with van der Waals surface area (Å²) in [6.45, 7) is 2.62. The van der Waals surface area contributed by atoms with E-state index in [1.807, 2.05) is 0 Å². The predicted octanol–water partition coefficient (Wildman–Crippen LogP) is 0.946. The molecule has 7 nitrogen and oxygen atoms in total. The second-order valence-electron chi connectivity index (χ2n) is 3.86. The smallest absolute Gasteiger partial charge is 0.272 e. The normalized spacial score (nSPS) is 11.3. The van der Waals surface area contributed by atoms with Crippen molar-refractivity contribution in [3.63, 3.8) is 0 Å². The van der Waals surface area contributed by atoms with E-state index < -0.39 is 27.3 Å². The Hall–Kier alpha value is -1.67. The molecule has 0 fully saturated rings. The Labute approximate surface area is 105 Å². The molecular formula is C10H14N2O5S. The lowest BCUT2D eigenvalue weighted by Crippen LogP contribution is -2.19. The number of anilines is 1. The molecule has 0 atom stereocenters. The van der Waals surface area contributed by atoms with Crippen LogP contribution in [0.5, 0.6) is 0 Å². The minimum absolute atomic E-state index is 0.0578. The summed E-state index contributed by atoms with van der Waals surface area (Å²) in [4.78, 5) is 10.2. The molecule has 0 aromatic heterocycles. The molecule has 0 bridgehead atoms. The van der Waals surface area contributed by atoms with Crippen molar-refractivity contribution in [2.24, 2.45) is 0 Å². The molecule has 0 aliphatic carbocycles. The molecule has 1 aromatic rings. The minimum Gasteiger partial charge on any atom is -0.395 e. The molecule has 0 saturated carbocycles. The summed E-state index contributed by atoms with van der Waals surface area (Å²) in [5.74, 6) is -0.414. The molecule has 8 heteroatoms. The van der Waals surface area contributed by atoms with Gasteiger partial charge in [0.2, 0.25) is 10.0 Å². The number of sulfonamides is 1. The number of rotatable bonds is 5. The Morgan fingerprint density at radius 3 is 2.44 bits per heavy atom. The second-order valence-corrected chi connectivity index (χ2v) is 5.70. The van der Waals surface area contributed by atoms with Crippen LogP contribution in [0, 0.1) is 24.0 Å². The van der Waals surface area contributed by atoms with Crippen LogP contribution >= 0.6 is 0 Å². The van der Waals surface area contributed by atoms with Crippen LogP contribution < -0.4 is 4.72 Å². The van der Waals surface area contributed by atoms with Gasteiger partial charge >= 0.3 is 0 Å². The van der Waals surface area contributed by atoms with Crippen molar-refractivity contribution in [2.45, 2.75) is 13.8 Å². The maximum Gasteiger partial charge on any atom is 0.272 e. The van der Waals surface area contributed by atoms with E-state index in [0.717, 1.165) is 0 Å². The Bertz CT molecular complexity index is 568. The van der Waals surface area contributed by atoms with Crippen LogP contribution in [0.4, 0.5) is 11.4 Å². The van der Waals surface area contributed by atoms with Gasteiger partial charge in [0.15, 0.2) is 0 Å². The number of hydrogen-bond donors (Lipinski definition) is 2. The van der Waals surface area contributed by atoms with Gasteiger partial charge in [-0.05, 0) is 25.5 Å². The first-order valence-corrected chi connectivity index (χ1v) is 6.79. The average molecular weight is 274 g/mol. The van der Waals surface area contributed by atoms with Crippen LogP contribution in [-0.2, 0) is 10.0 Å². The topological polar surface area (TPSA) is 110 Å². The van der Waals surface area contributed by atoms with E-state index in [2.05, 4.69) is 4.72 Å². The van der Waals surface area contributed by atoms with Gasteiger partial charge in [-0.15, -0.1) is 0 Å². The van der Waals surface area contributed by atoms with Gasteiger partial charge in [-0.1, -0.05) is 0 Å². The lowest BCUT2D eigenvalue weighted by Gasteiger charge is -2.10. The lowest BCUT2D eigenvalue weighted by atomic mass is 10.1. The summed E-state index contributed by atoms with van der Waals surface area (Å²) in [6.07, 6.45) is 0. The Balaban J connectivity index is 3.13. The van der Waals surface area contributed by atoms with Crippen molar-refractivity contribution < 1.29 is 18.4 Å². The number of benzene rings is 1. The average Bonchev–Trinajstić information content (AvgIpc) is 2.21. The van der Waals surface area contributed by atoms with E-state index in [-0.39, 0.29) is 11.4 Å². The molecule has 18 heavy (non-hydrogen) atoms.